The number of carbonyl (C=O) groups excluding carboxylic acids is 2. The van der Waals surface area contributed by atoms with Gasteiger partial charge in [0, 0.05) is 18.7 Å². The van der Waals surface area contributed by atoms with Crippen molar-refractivity contribution in [2.24, 2.45) is 5.41 Å². The molecule has 5 rings (SSSR count). The summed E-state index contributed by atoms with van der Waals surface area (Å²) in [7, 11) is 0. The van der Waals surface area contributed by atoms with E-state index in [9.17, 15) is 9.59 Å². The first-order chi connectivity index (χ1) is 15.3. The molecule has 32 heavy (non-hydrogen) atoms. The first kappa shape index (κ1) is 20.6. The molecule has 1 saturated carbocycles. The van der Waals surface area contributed by atoms with E-state index in [0.29, 0.717) is 12.2 Å². The molecule has 1 unspecified atom stereocenters. The Balaban J connectivity index is 1.53. The van der Waals surface area contributed by atoms with E-state index in [4.69, 9.17) is 4.42 Å². The van der Waals surface area contributed by atoms with E-state index in [2.05, 4.69) is 25.3 Å². The molecule has 1 atom stereocenters. The van der Waals surface area contributed by atoms with Crippen LogP contribution in [0.2, 0.25) is 0 Å². The maximum absolute atomic E-state index is 13.9. The van der Waals surface area contributed by atoms with Crippen LogP contribution in [0.5, 0.6) is 0 Å². The monoisotopic (exact) mass is 431 g/mol. The van der Waals surface area contributed by atoms with Gasteiger partial charge in [-0.3, -0.25) is 14.5 Å². The van der Waals surface area contributed by atoms with Crippen LogP contribution >= 0.6 is 0 Å². The molecule has 1 aromatic carbocycles. The summed E-state index contributed by atoms with van der Waals surface area (Å²) in [5.41, 5.74) is 2.61. The number of carbonyl (C=O) groups is 2. The molecule has 0 saturated heterocycles. The zero-order valence-corrected chi connectivity index (χ0v) is 18.8. The summed E-state index contributed by atoms with van der Waals surface area (Å²) < 4.78 is 7.89. The van der Waals surface area contributed by atoms with Crippen LogP contribution in [0.25, 0.3) is 5.69 Å². The van der Waals surface area contributed by atoms with Gasteiger partial charge in [-0.1, -0.05) is 32.9 Å². The number of amides is 2. The van der Waals surface area contributed by atoms with Crippen molar-refractivity contribution in [2.45, 2.75) is 52.1 Å². The normalized spacial score (nSPS) is 17.6. The molecule has 6 heteroatoms. The standard InChI is InChI=1S/C26H29N3O3/c1-26(2,3)16-23(30)28(18-12-13-18)17-24(31)29-20-9-5-4-8-19(20)27-14-6-10-21(27)25(29)22-11-7-15-32-22/h4-11,14-15,18,25H,12-13,16-17H2,1-3H3. The first-order valence-corrected chi connectivity index (χ1v) is 11.2. The molecule has 3 heterocycles. The van der Waals surface area contributed by atoms with Gasteiger partial charge < -0.3 is 13.9 Å². The SMILES string of the molecule is CC(C)(C)CC(=O)N(CC(=O)N1c2ccccc2-n2cccc2C1c1ccco1)C1CC1. The fourth-order valence-electron chi connectivity index (χ4n) is 4.56. The molecule has 0 bridgehead atoms. The Morgan fingerprint density at radius 2 is 1.78 bits per heavy atom. The van der Waals surface area contributed by atoms with Crippen molar-refractivity contribution < 1.29 is 14.0 Å². The molecule has 3 aromatic rings. The van der Waals surface area contributed by atoms with E-state index in [1.54, 1.807) is 11.2 Å². The molecule has 1 aliphatic heterocycles. The van der Waals surface area contributed by atoms with Crippen molar-refractivity contribution in [2.75, 3.05) is 11.4 Å². The number of rotatable bonds is 5. The van der Waals surface area contributed by atoms with E-state index in [-0.39, 0.29) is 35.9 Å². The van der Waals surface area contributed by atoms with Crippen LogP contribution in [0.4, 0.5) is 5.69 Å². The lowest BCUT2D eigenvalue weighted by molar-refractivity contribution is -0.137. The number of aromatic nitrogens is 1. The lowest BCUT2D eigenvalue weighted by atomic mass is 9.91. The Hall–Kier alpha value is -3.28. The second-order valence-corrected chi connectivity index (χ2v) is 9.96. The molecular weight excluding hydrogens is 402 g/mol. The summed E-state index contributed by atoms with van der Waals surface area (Å²) >= 11 is 0. The van der Waals surface area contributed by atoms with E-state index in [1.807, 2.05) is 59.6 Å². The summed E-state index contributed by atoms with van der Waals surface area (Å²) in [6.45, 7) is 6.24. The minimum Gasteiger partial charge on any atom is -0.467 e. The summed E-state index contributed by atoms with van der Waals surface area (Å²) in [6, 6.07) is 15.4. The average molecular weight is 432 g/mol. The quantitative estimate of drug-likeness (QED) is 0.575. The lowest BCUT2D eigenvalue weighted by Gasteiger charge is -2.38. The fourth-order valence-corrected chi connectivity index (χ4v) is 4.56. The molecule has 1 aliphatic carbocycles. The molecular formula is C26H29N3O3. The Labute approximate surface area is 188 Å². The van der Waals surface area contributed by atoms with Gasteiger partial charge in [-0.05, 0) is 54.7 Å². The number of furan rings is 1. The minimum absolute atomic E-state index is 0.0524. The lowest BCUT2D eigenvalue weighted by Crippen LogP contribution is -2.47. The van der Waals surface area contributed by atoms with Crippen molar-refractivity contribution in [3.05, 3.63) is 72.4 Å². The number of benzene rings is 1. The zero-order chi connectivity index (χ0) is 22.5. The highest BCUT2D eigenvalue weighted by Gasteiger charge is 2.41. The predicted molar refractivity (Wildman–Crippen MR) is 123 cm³/mol. The molecule has 2 aliphatic rings. The number of hydrogen-bond donors (Lipinski definition) is 0. The Bertz CT molecular complexity index is 1140. The Morgan fingerprint density at radius 3 is 2.44 bits per heavy atom. The zero-order valence-electron chi connectivity index (χ0n) is 18.8. The number of fused-ring (bicyclic) bond motifs is 3. The summed E-state index contributed by atoms with van der Waals surface area (Å²) in [5.74, 6) is 0.656. The van der Waals surface area contributed by atoms with Gasteiger partial charge >= 0.3 is 0 Å². The maximum Gasteiger partial charge on any atom is 0.247 e. The Kier molecular flexibility index (Phi) is 4.96. The molecule has 1 fully saturated rings. The summed E-state index contributed by atoms with van der Waals surface area (Å²) in [6.07, 6.45) is 6.00. The van der Waals surface area contributed by atoms with Crippen LogP contribution in [0.3, 0.4) is 0 Å². The van der Waals surface area contributed by atoms with E-state index < -0.39 is 0 Å². The van der Waals surface area contributed by atoms with Crippen LogP contribution in [-0.4, -0.2) is 33.9 Å². The third kappa shape index (κ3) is 3.74. The molecule has 166 valence electrons. The van der Waals surface area contributed by atoms with Crippen LogP contribution in [0, 0.1) is 5.41 Å². The van der Waals surface area contributed by atoms with Gasteiger partial charge in [0.25, 0.3) is 0 Å². The fraction of sp³-hybridized carbons (Fsp3) is 0.385. The molecule has 2 amide bonds. The molecule has 6 nitrogen and oxygen atoms in total. The third-order valence-corrected chi connectivity index (χ3v) is 6.10. The number of hydrogen-bond acceptors (Lipinski definition) is 3. The molecule has 0 spiro atoms. The second kappa shape index (κ2) is 7.69. The topological polar surface area (TPSA) is 58.7 Å². The van der Waals surface area contributed by atoms with Crippen LogP contribution in [-0.2, 0) is 9.59 Å². The van der Waals surface area contributed by atoms with Crippen LogP contribution < -0.4 is 4.90 Å². The summed E-state index contributed by atoms with van der Waals surface area (Å²) in [5, 5.41) is 0. The van der Waals surface area contributed by atoms with Crippen LogP contribution in [0.15, 0.2) is 65.4 Å². The maximum atomic E-state index is 13.9. The summed E-state index contributed by atoms with van der Waals surface area (Å²) in [4.78, 5) is 30.6. The van der Waals surface area contributed by atoms with Gasteiger partial charge in [0.15, 0.2) is 0 Å². The molecule has 2 aromatic heterocycles. The average Bonchev–Trinajstić information content (AvgIpc) is 3.23. The van der Waals surface area contributed by atoms with Crippen molar-refractivity contribution in [1.82, 2.24) is 9.47 Å². The van der Waals surface area contributed by atoms with Gasteiger partial charge in [0.1, 0.15) is 18.3 Å². The van der Waals surface area contributed by atoms with Crippen molar-refractivity contribution >= 4 is 17.5 Å². The highest BCUT2D eigenvalue weighted by Crippen LogP contribution is 2.42. The van der Waals surface area contributed by atoms with Crippen molar-refractivity contribution in [3.8, 4) is 5.69 Å². The van der Waals surface area contributed by atoms with Gasteiger partial charge in [0.05, 0.1) is 23.3 Å². The van der Waals surface area contributed by atoms with Gasteiger partial charge in [-0.2, -0.15) is 0 Å². The number of anilines is 1. The largest absolute Gasteiger partial charge is 0.467 e. The van der Waals surface area contributed by atoms with Gasteiger partial charge in [-0.15, -0.1) is 0 Å². The molecule has 0 N–H and O–H groups in total. The molecule has 0 radical (unpaired) electrons. The second-order valence-electron chi connectivity index (χ2n) is 9.96. The van der Waals surface area contributed by atoms with E-state index >= 15 is 0 Å². The van der Waals surface area contributed by atoms with E-state index in [1.165, 1.54) is 0 Å². The number of para-hydroxylation sites is 2. The Morgan fingerprint density at radius 1 is 1.03 bits per heavy atom. The minimum atomic E-state index is -0.388. The van der Waals surface area contributed by atoms with Gasteiger partial charge in [0.2, 0.25) is 11.8 Å². The van der Waals surface area contributed by atoms with E-state index in [0.717, 1.165) is 29.9 Å². The van der Waals surface area contributed by atoms with Gasteiger partial charge in [-0.25, -0.2) is 0 Å². The predicted octanol–water partition coefficient (Wildman–Crippen LogP) is 4.93. The smallest absolute Gasteiger partial charge is 0.247 e. The highest BCUT2D eigenvalue weighted by atomic mass is 16.3. The number of nitrogens with zero attached hydrogens (tertiary/aromatic N) is 3. The van der Waals surface area contributed by atoms with Crippen LogP contribution in [0.1, 0.15) is 57.5 Å². The highest BCUT2D eigenvalue weighted by molar-refractivity contribution is 6.00. The first-order valence-electron chi connectivity index (χ1n) is 11.2. The van der Waals surface area contributed by atoms with Crippen molar-refractivity contribution in [1.29, 1.82) is 0 Å². The third-order valence-electron chi connectivity index (χ3n) is 6.10. The van der Waals surface area contributed by atoms with Crippen molar-refractivity contribution in [3.63, 3.8) is 0 Å².